The van der Waals surface area contributed by atoms with Gasteiger partial charge in [0.05, 0.1) is 12.0 Å². The van der Waals surface area contributed by atoms with Crippen LogP contribution in [0.1, 0.15) is 24.8 Å². The Hall–Kier alpha value is -1.55. The summed E-state index contributed by atoms with van der Waals surface area (Å²) in [6, 6.07) is 5.93. The Balaban J connectivity index is 1.71. The average molecular weight is 260 g/mol. The molecule has 4 heteroatoms. The maximum absolute atomic E-state index is 12.3. The van der Waals surface area contributed by atoms with Gasteiger partial charge in [-0.15, -0.1) is 0 Å². The third-order valence-corrected chi connectivity index (χ3v) is 4.02. The van der Waals surface area contributed by atoms with Crippen LogP contribution in [0.5, 0.6) is 5.75 Å². The summed E-state index contributed by atoms with van der Waals surface area (Å²) in [5, 5.41) is 6.15. The number of carbonyl (C=O) groups excluding carboxylic acids is 1. The lowest BCUT2D eigenvalue weighted by Gasteiger charge is -2.19. The summed E-state index contributed by atoms with van der Waals surface area (Å²) in [6.07, 6.45) is 4.04. The van der Waals surface area contributed by atoms with Gasteiger partial charge in [-0.3, -0.25) is 4.79 Å². The fourth-order valence-corrected chi connectivity index (χ4v) is 2.68. The van der Waals surface area contributed by atoms with Crippen LogP contribution >= 0.6 is 0 Å². The molecule has 19 heavy (non-hydrogen) atoms. The minimum Gasteiger partial charge on any atom is -0.493 e. The van der Waals surface area contributed by atoms with Crippen LogP contribution in [0, 0.1) is 5.41 Å². The highest BCUT2D eigenvalue weighted by Gasteiger charge is 2.49. The molecular weight excluding hydrogens is 240 g/mol. The van der Waals surface area contributed by atoms with Gasteiger partial charge in [0, 0.05) is 12.2 Å². The second-order valence-corrected chi connectivity index (χ2v) is 5.54. The van der Waals surface area contributed by atoms with Gasteiger partial charge >= 0.3 is 0 Å². The third kappa shape index (κ3) is 2.45. The van der Waals surface area contributed by atoms with Crippen LogP contribution in [0.25, 0.3) is 0 Å². The monoisotopic (exact) mass is 260 g/mol. The van der Waals surface area contributed by atoms with Gasteiger partial charge in [-0.05, 0) is 56.5 Å². The van der Waals surface area contributed by atoms with Crippen molar-refractivity contribution in [3.8, 4) is 5.75 Å². The minimum atomic E-state index is -0.179. The van der Waals surface area contributed by atoms with E-state index in [4.69, 9.17) is 4.74 Å². The van der Waals surface area contributed by atoms with Gasteiger partial charge in [0.2, 0.25) is 5.91 Å². The number of rotatable bonds is 4. The lowest BCUT2D eigenvalue weighted by molar-refractivity contribution is -0.120. The van der Waals surface area contributed by atoms with E-state index in [1.165, 1.54) is 5.56 Å². The summed E-state index contributed by atoms with van der Waals surface area (Å²) in [7, 11) is 1.89. The van der Waals surface area contributed by atoms with E-state index in [1.54, 1.807) is 0 Å². The Kier molecular flexibility index (Phi) is 3.19. The summed E-state index contributed by atoms with van der Waals surface area (Å²) in [5.41, 5.74) is 1.90. The minimum absolute atomic E-state index is 0.138. The smallest absolute Gasteiger partial charge is 0.231 e. The van der Waals surface area contributed by atoms with Gasteiger partial charge in [0.15, 0.2) is 0 Å². The summed E-state index contributed by atoms with van der Waals surface area (Å²) >= 11 is 0. The van der Waals surface area contributed by atoms with E-state index in [2.05, 4.69) is 10.6 Å². The predicted molar refractivity (Wildman–Crippen MR) is 74.5 cm³/mol. The molecule has 1 heterocycles. The summed E-state index contributed by atoms with van der Waals surface area (Å²) in [5.74, 6) is 1.10. The van der Waals surface area contributed by atoms with Gasteiger partial charge in [0.25, 0.3) is 0 Å². The number of amides is 1. The van der Waals surface area contributed by atoms with Crippen LogP contribution in [0.2, 0.25) is 0 Å². The molecule has 1 fully saturated rings. The molecule has 102 valence electrons. The normalized spacial score (nSPS) is 19.2. The maximum Gasteiger partial charge on any atom is 0.231 e. The molecule has 2 N–H and O–H groups in total. The number of carbonyl (C=O) groups is 1. The van der Waals surface area contributed by atoms with E-state index in [0.717, 1.165) is 50.3 Å². The number of hydrogen-bond acceptors (Lipinski definition) is 3. The average Bonchev–Trinajstić information content (AvgIpc) is 3.20. The number of nitrogens with one attached hydrogen (secondary N) is 2. The van der Waals surface area contributed by atoms with Crippen molar-refractivity contribution in [1.29, 1.82) is 0 Å². The molecule has 1 aromatic rings. The molecule has 0 saturated heterocycles. The Morgan fingerprint density at radius 3 is 3.00 bits per heavy atom. The van der Waals surface area contributed by atoms with Gasteiger partial charge in [-0.1, -0.05) is 0 Å². The zero-order valence-corrected chi connectivity index (χ0v) is 11.3. The zero-order valence-electron chi connectivity index (χ0n) is 11.3. The number of fused-ring (bicyclic) bond motifs is 1. The number of aryl methyl sites for hydroxylation is 1. The molecule has 0 aromatic heterocycles. The molecule has 2 aliphatic rings. The fourth-order valence-electron chi connectivity index (χ4n) is 2.68. The van der Waals surface area contributed by atoms with Crippen molar-refractivity contribution in [3.63, 3.8) is 0 Å². The number of hydrogen-bond donors (Lipinski definition) is 2. The van der Waals surface area contributed by atoms with Gasteiger partial charge in [-0.25, -0.2) is 0 Å². The molecule has 3 rings (SSSR count). The van der Waals surface area contributed by atoms with Crippen molar-refractivity contribution < 1.29 is 9.53 Å². The van der Waals surface area contributed by atoms with Gasteiger partial charge in [0.1, 0.15) is 5.75 Å². The zero-order chi connectivity index (χ0) is 13.3. The molecule has 1 aliphatic carbocycles. The molecule has 1 aromatic carbocycles. The lowest BCUT2D eigenvalue weighted by atomic mass is 10.0. The number of benzene rings is 1. The van der Waals surface area contributed by atoms with E-state index >= 15 is 0 Å². The van der Waals surface area contributed by atoms with Crippen LogP contribution in [-0.4, -0.2) is 26.1 Å². The second kappa shape index (κ2) is 4.85. The first kappa shape index (κ1) is 12.5. The Bertz CT molecular complexity index is 495. The molecule has 1 amide bonds. The topological polar surface area (TPSA) is 50.4 Å². The number of ether oxygens (including phenoxy) is 1. The first-order valence-corrected chi connectivity index (χ1v) is 6.95. The molecular formula is C15H20N2O2. The largest absolute Gasteiger partial charge is 0.493 e. The summed E-state index contributed by atoms with van der Waals surface area (Å²) < 4.78 is 5.58. The van der Waals surface area contributed by atoms with E-state index in [9.17, 15) is 4.79 Å². The van der Waals surface area contributed by atoms with Crippen LogP contribution in [-0.2, 0) is 11.2 Å². The number of anilines is 1. The van der Waals surface area contributed by atoms with Crippen molar-refractivity contribution >= 4 is 11.6 Å². The van der Waals surface area contributed by atoms with E-state index in [-0.39, 0.29) is 11.3 Å². The standard InChI is InChI=1S/C15H20N2O2/c1-16-10-15(6-7-15)14(18)17-12-4-5-13-11(9-12)3-2-8-19-13/h4-5,9,16H,2-3,6-8,10H2,1H3,(H,17,18). The molecule has 1 aliphatic heterocycles. The van der Waals surface area contributed by atoms with Crippen molar-refractivity contribution in [2.24, 2.45) is 5.41 Å². The maximum atomic E-state index is 12.3. The van der Waals surface area contributed by atoms with Crippen molar-refractivity contribution in [1.82, 2.24) is 5.32 Å². The van der Waals surface area contributed by atoms with E-state index in [0.29, 0.717) is 0 Å². The van der Waals surface area contributed by atoms with E-state index < -0.39 is 0 Å². The van der Waals surface area contributed by atoms with E-state index in [1.807, 2.05) is 25.2 Å². The van der Waals surface area contributed by atoms with Crippen molar-refractivity contribution in [2.75, 3.05) is 25.5 Å². The van der Waals surface area contributed by atoms with Crippen LogP contribution < -0.4 is 15.4 Å². The highest BCUT2D eigenvalue weighted by molar-refractivity contribution is 5.97. The first-order chi connectivity index (χ1) is 9.23. The third-order valence-electron chi connectivity index (χ3n) is 4.02. The quantitative estimate of drug-likeness (QED) is 0.870. The summed E-state index contributed by atoms with van der Waals surface area (Å²) in [4.78, 5) is 12.3. The molecule has 0 bridgehead atoms. The Morgan fingerprint density at radius 2 is 2.26 bits per heavy atom. The lowest BCUT2D eigenvalue weighted by Crippen LogP contribution is -2.32. The fraction of sp³-hybridized carbons (Fsp3) is 0.533. The van der Waals surface area contributed by atoms with Crippen LogP contribution in [0.3, 0.4) is 0 Å². The SMILES string of the molecule is CNCC1(C(=O)Nc2ccc3c(c2)CCCO3)CC1. The van der Waals surface area contributed by atoms with Crippen LogP contribution in [0.4, 0.5) is 5.69 Å². The molecule has 1 saturated carbocycles. The van der Waals surface area contributed by atoms with Gasteiger partial charge in [-0.2, -0.15) is 0 Å². The molecule has 0 atom stereocenters. The van der Waals surface area contributed by atoms with Crippen molar-refractivity contribution in [2.45, 2.75) is 25.7 Å². The first-order valence-electron chi connectivity index (χ1n) is 6.95. The molecule has 0 unspecified atom stereocenters. The highest BCUT2D eigenvalue weighted by Crippen LogP contribution is 2.46. The molecule has 4 nitrogen and oxygen atoms in total. The van der Waals surface area contributed by atoms with Crippen molar-refractivity contribution in [3.05, 3.63) is 23.8 Å². The molecule has 0 spiro atoms. The second-order valence-electron chi connectivity index (χ2n) is 5.54. The Morgan fingerprint density at radius 1 is 1.42 bits per heavy atom. The predicted octanol–water partition coefficient (Wildman–Crippen LogP) is 1.95. The van der Waals surface area contributed by atoms with Gasteiger partial charge < -0.3 is 15.4 Å². The van der Waals surface area contributed by atoms with Crippen LogP contribution in [0.15, 0.2) is 18.2 Å². The highest BCUT2D eigenvalue weighted by atomic mass is 16.5. The molecule has 0 radical (unpaired) electrons. The Labute approximate surface area is 113 Å². The summed E-state index contributed by atoms with van der Waals surface area (Å²) in [6.45, 7) is 1.55.